The van der Waals surface area contributed by atoms with E-state index in [2.05, 4.69) is 62.5 Å². The molecule has 0 spiro atoms. The van der Waals surface area contributed by atoms with E-state index in [-0.39, 0.29) is 12.8 Å². The van der Waals surface area contributed by atoms with Gasteiger partial charge < -0.3 is 39.9 Å². The topological polar surface area (TPSA) is 210 Å². The average molecular weight is 899 g/mol. The van der Waals surface area contributed by atoms with Gasteiger partial charge in [-0.05, 0) is 51.4 Å². The highest BCUT2D eigenvalue weighted by Gasteiger charge is 2.51. The van der Waals surface area contributed by atoms with Gasteiger partial charge in [-0.2, -0.15) is 0 Å². The van der Waals surface area contributed by atoms with Gasteiger partial charge in [-0.3, -0.25) is 18.6 Å². The molecule has 62 heavy (non-hydrogen) atoms. The minimum Gasteiger partial charge on any atom is -0.462 e. The highest BCUT2D eigenvalue weighted by molar-refractivity contribution is 7.47. The van der Waals surface area contributed by atoms with Gasteiger partial charge >= 0.3 is 19.8 Å². The molecule has 14 heteroatoms. The first-order chi connectivity index (χ1) is 29.9. The van der Waals surface area contributed by atoms with Crippen LogP contribution in [0, 0.1) is 0 Å². The van der Waals surface area contributed by atoms with E-state index in [9.17, 15) is 44.6 Å². The molecule has 1 rings (SSSR count). The summed E-state index contributed by atoms with van der Waals surface area (Å²) in [4.78, 5) is 35.7. The molecule has 0 saturated heterocycles. The Morgan fingerprint density at radius 1 is 0.516 bits per heavy atom. The Labute approximate surface area is 373 Å². The number of phosphoric acid groups is 1. The van der Waals surface area contributed by atoms with Crippen LogP contribution < -0.4 is 0 Å². The van der Waals surface area contributed by atoms with Crippen LogP contribution in [0.3, 0.4) is 0 Å². The first kappa shape index (κ1) is 57.6. The van der Waals surface area contributed by atoms with Crippen LogP contribution in [-0.2, 0) is 32.7 Å². The summed E-state index contributed by atoms with van der Waals surface area (Å²) >= 11 is 0. The summed E-state index contributed by atoms with van der Waals surface area (Å²) in [5.41, 5.74) is 0. The second kappa shape index (κ2) is 37.9. The van der Waals surface area contributed by atoms with Gasteiger partial charge in [-0.25, -0.2) is 4.57 Å². The molecule has 0 radical (unpaired) electrons. The molecular weight excluding hydrogens is 815 g/mol. The van der Waals surface area contributed by atoms with E-state index in [0.29, 0.717) is 19.3 Å². The Balaban J connectivity index is 2.49. The zero-order valence-electron chi connectivity index (χ0n) is 37.9. The normalized spacial score (nSPS) is 22.4. The number of esters is 2. The van der Waals surface area contributed by atoms with Crippen LogP contribution in [-0.4, -0.2) is 98.3 Å². The summed E-state index contributed by atoms with van der Waals surface area (Å²) in [6.07, 6.45) is 32.8. The van der Waals surface area contributed by atoms with Crippen molar-refractivity contribution in [3.05, 3.63) is 60.8 Å². The third-order valence-electron chi connectivity index (χ3n) is 10.6. The zero-order valence-corrected chi connectivity index (χ0v) is 38.8. The summed E-state index contributed by atoms with van der Waals surface area (Å²) in [6.45, 7) is 3.14. The third kappa shape index (κ3) is 29.8. The van der Waals surface area contributed by atoms with Crippen LogP contribution in [0.15, 0.2) is 60.8 Å². The molecule has 1 fully saturated rings. The van der Waals surface area contributed by atoms with Gasteiger partial charge in [0.1, 0.15) is 43.2 Å². The number of aliphatic hydroxyl groups is 5. The number of carbonyl (C=O) groups excluding carboxylic acids is 2. The number of aliphatic hydroxyl groups excluding tert-OH is 5. The Morgan fingerprint density at radius 3 is 1.39 bits per heavy atom. The number of rotatable bonds is 38. The van der Waals surface area contributed by atoms with Crippen molar-refractivity contribution in [2.75, 3.05) is 13.2 Å². The van der Waals surface area contributed by atoms with Gasteiger partial charge in [0.05, 0.1) is 6.61 Å². The van der Waals surface area contributed by atoms with Crippen molar-refractivity contribution in [1.82, 2.24) is 0 Å². The highest BCUT2D eigenvalue weighted by atomic mass is 31.2. The molecule has 0 amide bonds. The molecule has 0 heterocycles. The maximum Gasteiger partial charge on any atom is 0.472 e. The second-order valence-electron chi connectivity index (χ2n) is 16.2. The molecule has 0 aliphatic heterocycles. The van der Waals surface area contributed by atoms with Crippen molar-refractivity contribution < 1.29 is 63.1 Å². The molecule has 1 aliphatic carbocycles. The number of carbonyl (C=O) groups is 2. The molecule has 0 bridgehead atoms. The molecule has 0 aromatic heterocycles. The number of hydrogen-bond acceptors (Lipinski definition) is 12. The van der Waals surface area contributed by atoms with Gasteiger partial charge in [0, 0.05) is 12.8 Å². The van der Waals surface area contributed by atoms with Gasteiger partial charge in [0.15, 0.2) is 6.10 Å². The van der Waals surface area contributed by atoms with Crippen molar-refractivity contribution in [3.63, 3.8) is 0 Å². The molecule has 1 aliphatic rings. The van der Waals surface area contributed by atoms with E-state index >= 15 is 0 Å². The fraction of sp³-hybridized carbons (Fsp3) is 0.750. The molecule has 358 valence electrons. The van der Waals surface area contributed by atoms with Gasteiger partial charge in [-0.1, -0.05) is 171 Å². The van der Waals surface area contributed by atoms with Gasteiger partial charge in [-0.15, -0.1) is 0 Å². The summed E-state index contributed by atoms with van der Waals surface area (Å²) < 4.78 is 33.5. The summed E-state index contributed by atoms with van der Waals surface area (Å²) in [6, 6.07) is 0. The van der Waals surface area contributed by atoms with Crippen LogP contribution in [0.5, 0.6) is 0 Å². The molecule has 8 atom stereocenters. The summed E-state index contributed by atoms with van der Waals surface area (Å²) in [5.74, 6) is -1.17. The number of allylic oxidation sites excluding steroid dienone is 10. The Kier molecular flexibility index (Phi) is 35.2. The maximum atomic E-state index is 12.8. The minimum absolute atomic E-state index is 0.0177. The number of ether oxygens (including phenoxy) is 2. The van der Waals surface area contributed by atoms with Crippen molar-refractivity contribution >= 4 is 19.8 Å². The third-order valence-corrected chi connectivity index (χ3v) is 11.6. The van der Waals surface area contributed by atoms with E-state index in [1.54, 1.807) is 0 Å². The van der Waals surface area contributed by atoms with Crippen molar-refractivity contribution in [3.8, 4) is 0 Å². The molecular formula is C48H83O13P. The highest BCUT2D eigenvalue weighted by Crippen LogP contribution is 2.47. The molecule has 0 aromatic carbocycles. The monoisotopic (exact) mass is 899 g/mol. The van der Waals surface area contributed by atoms with Crippen LogP contribution >= 0.6 is 7.82 Å². The molecule has 0 aromatic rings. The van der Waals surface area contributed by atoms with Gasteiger partial charge in [0.2, 0.25) is 0 Å². The van der Waals surface area contributed by atoms with Crippen molar-refractivity contribution in [1.29, 1.82) is 0 Å². The van der Waals surface area contributed by atoms with E-state index in [1.807, 2.05) is 12.2 Å². The SMILES string of the molecule is CC/C=C/C/C=C/C/C=C/C/C=C/C/C=C/CCCC(=O)O[C@@H](COC(=O)CCCCCCCCCCCCCCCCCC)COP(=O)(O)OC1C(O)C(O)C(O)[C@H](O)C1O. The fourth-order valence-electron chi connectivity index (χ4n) is 6.85. The van der Waals surface area contributed by atoms with E-state index in [0.717, 1.165) is 51.4 Å². The van der Waals surface area contributed by atoms with Crippen LogP contribution in [0.25, 0.3) is 0 Å². The Hall–Kier alpha value is -2.45. The Morgan fingerprint density at radius 2 is 0.919 bits per heavy atom. The Bertz CT molecular complexity index is 1320. The maximum absolute atomic E-state index is 12.8. The van der Waals surface area contributed by atoms with Crippen LogP contribution in [0.2, 0.25) is 0 Å². The lowest BCUT2D eigenvalue weighted by Gasteiger charge is -2.41. The second-order valence-corrected chi connectivity index (χ2v) is 17.6. The summed E-state index contributed by atoms with van der Waals surface area (Å²) in [5, 5.41) is 50.2. The van der Waals surface area contributed by atoms with Crippen LogP contribution in [0.1, 0.15) is 174 Å². The lowest BCUT2D eigenvalue weighted by atomic mass is 9.85. The molecule has 13 nitrogen and oxygen atoms in total. The molecule has 6 N–H and O–H groups in total. The van der Waals surface area contributed by atoms with Gasteiger partial charge in [0.25, 0.3) is 0 Å². The summed E-state index contributed by atoms with van der Waals surface area (Å²) in [7, 11) is -5.13. The predicted molar refractivity (Wildman–Crippen MR) is 244 cm³/mol. The van der Waals surface area contributed by atoms with Crippen LogP contribution in [0.4, 0.5) is 0 Å². The smallest absolute Gasteiger partial charge is 0.462 e. The van der Waals surface area contributed by atoms with E-state index < -0.39 is 75.7 Å². The molecule has 1 saturated carbocycles. The zero-order chi connectivity index (χ0) is 45.7. The minimum atomic E-state index is -5.13. The van der Waals surface area contributed by atoms with E-state index in [1.165, 1.54) is 77.0 Å². The van der Waals surface area contributed by atoms with Crippen molar-refractivity contribution in [2.24, 2.45) is 0 Å². The number of phosphoric ester groups is 1. The molecule has 6 unspecified atom stereocenters. The first-order valence-corrected chi connectivity index (χ1v) is 25.1. The predicted octanol–water partition coefficient (Wildman–Crippen LogP) is 9.33. The first-order valence-electron chi connectivity index (χ1n) is 23.6. The standard InChI is InChI=1S/C48H83O13P/c1-3-5-7-9-11-13-15-17-19-21-23-25-27-29-31-33-35-37-42(50)60-40(39-59-62(56,57)61-48-46(54)44(52)43(51)45(53)47(48)55)38-58-41(49)36-34-32-30-28-26-24-22-20-18-16-14-12-10-8-6-4-2/h5,7,11,13,17,19,23,25,29,31,40,43-48,51-55H,3-4,6,8-10,12,14-16,18,20-22,24,26-28,30,32-39H2,1-2H3,(H,56,57)/b7-5+,13-11+,19-17+,25-23+,31-29+/t40-,43?,44-,45?,46?,47?,48?/m0/s1. The average Bonchev–Trinajstić information content (AvgIpc) is 3.25. The fourth-order valence-corrected chi connectivity index (χ4v) is 7.82. The number of hydrogen-bond donors (Lipinski definition) is 6. The quantitative estimate of drug-likeness (QED) is 0.0148. The van der Waals surface area contributed by atoms with Crippen molar-refractivity contribution in [2.45, 2.75) is 217 Å². The number of unbranched alkanes of at least 4 members (excludes halogenated alkanes) is 16. The lowest BCUT2D eigenvalue weighted by molar-refractivity contribution is -0.220. The van der Waals surface area contributed by atoms with E-state index in [4.69, 9.17) is 18.5 Å². The lowest BCUT2D eigenvalue weighted by Crippen LogP contribution is -2.64. The largest absolute Gasteiger partial charge is 0.472 e.